The molecule has 4 amide bonds. The predicted molar refractivity (Wildman–Crippen MR) is 431 cm³/mol. The summed E-state index contributed by atoms with van der Waals surface area (Å²) >= 11 is 37.5. The van der Waals surface area contributed by atoms with Crippen LogP contribution in [0.1, 0.15) is 136 Å². The lowest BCUT2D eigenvalue weighted by Gasteiger charge is -2.44. The van der Waals surface area contributed by atoms with Crippen molar-refractivity contribution in [3.8, 4) is 11.5 Å². The third kappa shape index (κ3) is 22.8. The maximum absolute atomic E-state index is 13.8. The minimum atomic E-state index is -4.71. The molecule has 0 bridgehead atoms. The van der Waals surface area contributed by atoms with Gasteiger partial charge in [0.05, 0.1) is 40.7 Å². The second-order valence-corrected chi connectivity index (χ2v) is 32.1. The molecule has 0 saturated heterocycles. The van der Waals surface area contributed by atoms with E-state index in [4.69, 9.17) is 79.1 Å². The van der Waals surface area contributed by atoms with Crippen LogP contribution in [-0.4, -0.2) is 106 Å². The van der Waals surface area contributed by atoms with E-state index in [9.17, 15) is 53.9 Å². The second-order valence-electron chi connectivity index (χ2n) is 26.1. The first-order chi connectivity index (χ1) is 46.3. The standard InChI is InChI=1S/2C36H38Cl3F3N2O4S.2ClH.4H2S/c2*1-43(32(45)21-36(40,41)42)23-34(26-9-14-30(38)31(39)20-26,44(2)33(46)48-28-12-10-27(37)11-13-28)17-5-6-24-15-18-35(19-16-24)29-8-4-3-7-25(29)22-49(35)47;;;;;;/h2*3-4,7-14,20,24H,5-6,15-19,21-23H2,1-2H3;2*1H;4*1H2/t2*24?,34-,35?,49?;;;;;;/m11....../s1. The predicted octanol–water partition coefficient (Wildman–Crippen LogP) is 21.1. The van der Waals surface area contributed by atoms with Gasteiger partial charge in [-0.05, 0) is 182 Å². The summed E-state index contributed by atoms with van der Waals surface area (Å²) < 4.78 is 117. The average molecular weight is 1730 g/mol. The average Bonchev–Trinajstić information content (AvgIpc) is 1.56. The molecule has 4 aliphatic rings. The van der Waals surface area contributed by atoms with E-state index in [-0.39, 0.29) is 146 Å². The van der Waals surface area contributed by atoms with E-state index in [1.165, 1.54) is 73.4 Å². The number of amides is 4. The van der Waals surface area contributed by atoms with Gasteiger partial charge in [-0.1, -0.05) is 156 Å². The van der Waals surface area contributed by atoms with Crippen molar-refractivity contribution in [3.05, 3.63) is 197 Å². The Hall–Kier alpha value is -3.60. The molecule has 104 heavy (non-hydrogen) atoms. The fourth-order valence-electron chi connectivity index (χ4n) is 14.6. The van der Waals surface area contributed by atoms with Crippen molar-refractivity contribution in [3.63, 3.8) is 0 Å². The van der Waals surface area contributed by atoms with E-state index in [0.29, 0.717) is 57.4 Å². The molecule has 12 nitrogen and oxygen atoms in total. The molecule has 2 aliphatic carbocycles. The van der Waals surface area contributed by atoms with Gasteiger partial charge in [0.25, 0.3) is 0 Å². The third-order valence-electron chi connectivity index (χ3n) is 20.0. The van der Waals surface area contributed by atoms with Crippen LogP contribution in [0, 0.1) is 11.8 Å². The Morgan fingerprint density at radius 1 is 0.471 bits per heavy atom. The molecule has 2 aliphatic heterocycles. The molecule has 0 aromatic heterocycles. The van der Waals surface area contributed by atoms with E-state index in [0.717, 1.165) is 85.1 Å². The Labute approximate surface area is 679 Å². The molecule has 0 radical (unpaired) electrons. The van der Waals surface area contributed by atoms with Crippen LogP contribution in [0.25, 0.3) is 0 Å². The van der Waals surface area contributed by atoms with Gasteiger partial charge in [-0.2, -0.15) is 80.3 Å². The van der Waals surface area contributed by atoms with Gasteiger partial charge >= 0.3 is 24.5 Å². The summed E-state index contributed by atoms with van der Waals surface area (Å²) in [4.78, 5) is 57.9. The van der Waals surface area contributed by atoms with Gasteiger partial charge in [-0.25, -0.2) is 9.59 Å². The number of alkyl halides is 6. The summed E-state index contributed by atoms with van der Waals surface area (Å²) in [5.74, 6) is -0.0631. The number of benzene rings is 6. The largest absolute Gasteiger partial charge is 0.415 e. The number of carbonyl (C=O) groups is 4. The topological polar surface area (TPSA) is 134 Å². The molecular formula is C72H86Cl8F6N4O8S6. The van der Waals surface area contributed by atoms with Crippen LogP contribution in [0.5, 0.6) is 11.5 Å². The Morgan fingerprint density at radius 3 is 1.10 bits per heavy atom. The van der Waals surface area contributed by atoms with Crippen LogP contribution in [0.4, 0.5) is 35.9 Å². The van der Waals surface area contributed by atoms with Crippen LogP contribution in [0.3, 0.4) is 0 Å². The number of hydrogen-bond acceptors (Lipinski definition) is 8. The van der Waals surface area contributed by atoms with Crippen LogP contribution >= 0.6 is 148 Å². The van der Waals surface area contributed by atoms with Gasteiger partial charge in [0, 0.05) is 84.4 Å². The van der Waals surface area contributed by atoms with Crippen molar-refractivity contribution < 1.29 is 63.4 Å². The monoisotopic (exact) mass is 1720 g/mol. The first-order valence-corrected chi connectivity index (χ1v) is 37.1. The molecule has 6 aromatic rings. The van der Waals surface area contributed by atoms with Crippen molar-refractivity contribution in [1.82, 2.24) is 19.6 Å². The first-order valence-electron chi connectivity index (χ1n) is 32.2. The van der Waals surface area contributed by atoms with Gasteiger partial charge < -0.3 is 19.3 Å². The molecule has 2 spiro atoms. The summed E-state index contributed by atoms with van der Waals surface area (Å²) in [5, 5.41) is 1.79. The van der Waals surface area contributed by atoms with Gasteiger partial charge in [-0.15, -0.1) is 24.8 Å². The van der Waals surface area contributed by atoms with Crippen LogP contribution in [0.15, 0.2) is 133 Å². The summed E-state index contributed by atoms with van der Waals surface area (Å²) in [6.07, 6.45) is -4.36. The van der Waals surface area contributed by atoms with Crippen molar-refractivity contribution in [2.24, 2.45) is 11.8 Å². The highest BCUT2D eigenvalue weighted by molar-refractivity contribution is 7.85. The van der Waals surface area contributed by atoms with Gasteiger partial charge in [-0.3, -0.25) is 27.8 Å². The number of hydrogen-bond donors (Lipinski definition) is 0. The molecule has 2 saturated carbocycles. The highest BCUT2D eigenvalue weighted by Gasteiger charge is 2.51. The number of rotatable bonds is 20. The molecule has 4 atom stereocenters. The molecular weight excluding hydrogens is 1640 g/mol. The van der Waals surface area contributed by atoms with E-state index in [1.54, 1.807) is 60.7 Å². The zero-order chi connectivity index (χ0) is 71.1. The summed E-state index contributed by atoms with van der Waals surface area (Å²) in [6.45, 7) is -0.536. The Balaban J connectivity index is 0.000000511. The van der Waals surface area contributed by atoms with Crippen molar-refractivity contribution in [1.29, 1.82) is 0 Å². The van der Waals surface area contributed by atoms with Crippen molar-refractivity contribution in [2.75, 3.05) is 41.3 Å². The summed E-state index contributed by atoms with van der Waals surface area (Å²) in [6, 6.07) is 38.3. The SMILES string of the molecule is CN(C[C@](CCCC1CCC2(CC1)c1ccccc1CS2=O)(c1ccc(Cl)c(Cl)c1)N(C)C(=O)Oc1ccc(Cl)cc1)C(=O)CC(F)(F)F.CN(C[C@](CCCC1CCC2(CC1)c1ccccc1CS2=O)(c1ccc(Cl)c(Cl)c1)N(C)C(=O)Oc1ccc(Cl)cc1)C(=O)CC(F)(F)F.Cl.Cl.S.S.S.S. The molecule has 6 aromatic carbocycles. The molecule has 2 unspecified atom stereocenters. The first kappa shape index (κ1) is 94.6. The molecule has 10 rings (SSSR count). The fourth-order valence-corrected chi connectivity index (χ4v) is 19.4. The van der Waals surface area contributed by atoms with E-state index in [2.05, 4.69) is 24.3 Å². The summed E-state index contributed by atoms with van der Waals surface area (Å²) in [5.41, 5.74) is 2.97. The lowest BCUT2D eigenvalue weighted by Crippen LogP contribution is -2.55. The number of carbonyl (C=O) groups excluding carboxylic acids is 4. The molecule has 0 N–H and O–H groups in total. The van der Waals surface area contributed by atoms with Crippen LogP contribution < -0.4 is 9.47 Å². The number of nitrogens with zero attached hydrogens (tertiary/aromatic N) is 4. The number of fused-ring (bicyclic) bond motifs is 4. The molecule has 2 heterocycles. The lowest BCUT2D eigenvalue weighted by molar-refractivity contribution is -0.163. The highest BCUT2D eigenvalue weighted by atomic mass is 35.5. The minimum absolute atomic E-state index is 0. The Kier molecular flexibility index (Phi) is 36.7. The van der Waals surface area contributed by atoms with Crippen molar-refractivity contribution >= 4 is 194 Å². The van der Waals surface area contributed by atoms with Crippen molar-refractivity contribution in [2.45, 2.75) is 147 Å². The summed E-state index contributed by atoms with van der Waals surface area (Å²) in [7, 11) is 3.61. The second kappa shape index (κ2) is 40.4. The Bertz CT molecular complexity index is 3670. The zero-order valence-corrected chi connectivity index (χ0v) is 69.0. The smallest absolute Gasteiger partial charge is 0.410 e. The third-order valence-corrected chi connectivity index (χ3v) is 26.2. The minimum Gasteiger partial charge on any atom is -0.410 e. The zero-order valence-electron chi connectivity index (χ0n) is 57.2. The maximum Gasteiger partial charge on any atom is 0.415 e. The van der Waals surface area contributed by atoms with Crippen LogP contribution in [-0.2, 0) is 63.3 Å². The highest BCUT2D eigenvalue weighted by Crippen LogP contribution is 2.53. The fraction of sp³-hybridized carbons (Fsp3) is 0.444. The quantitative estimate of drug-likeness (QED) is 0.0690. The van der Waals surface area contributed by atoms with Gasteiger partial charge in [0.1, 0.15) is 24.3 Å². The lowest BCUT2D eigenvalue weighted by atomic mass is 9.74. The van der Waals surface area contributed by atoms with Gasteiger partial charge in [0.2, 0.25) is 11.8 Å². The number of halogens is 14. The van der Waals surface area contributed by atoms with E-state index in [1.807, 2.05) is 24.3 Å². The number of ether oxygens (including phenoxy) is 2. The Morgan fingerprint density at radius 2 is 0.788 bits per heavy atom. The van der Waals surface area contributed by atoms with Gasteiger partial charge in [0.15, 0.2) is 0 Å². The van der Waals surface area contributed by atoms with E-state index >= 15 is 0 Å². The number of likely N-dealkylation sites (N-methyl/N-ethyl adjacent to an activating group) is 4. The van der Waals surface area contributed by atoms with E-state index < -0.39 is 81.9 Å². The molecule has 2 fully saturated rings. The molecule has 576 valence electrons. The maximum atomic E-state index is 13.8. The molecule has 32 heteroatoms. The normalized spacial score (nSPS) is 20.3. The van der Waals surface area contributed by atoms with Crippen LogP contribution in [0.2, 0.25) is 30.1 Å².